The van der Waals surface area contributed by atoms with Crippen LogP contribution in [0.4, 0.5) is 0 Å². The van der Waals surface area contributed by atoms with Crippen LogP contribution in [0, 0.1) is 0 Å². The third kappa shape index (κ3) is 4.95. The van der Waals surface area contributed by atoms with Crippen molar-refractivity contribution >= 4 is 30.3 Å². The summed E-state index contributed by atoms with van der Waals surface area (Å²) in [5.74, 6) is -1.31. The molecular weight excluding hydrogens is 329 g/mol. The van der Waals surface area contributed by atoms with Gasteiger partial charge in [-0.2, -0.15) is 0 Å². The fourth-order valence-corrected chi connectivity index (χ4v) is 3.35. The van der Waals surface area contributed by atoms with Crippen molar-refractivity contribution in [2.45, 2.75) is 26.9 Å². The zero-order valence-corrected chi connectivity index (χ0v) is 14.1. The quantitative estimate of drug-likeness (QED) is 0.503. The van der Waals surface area contributed by atoms with Gasteiger partial charge in [0.2, 0.25) is 0 Å². The van der Waals surface area contributed by atoms with Crippen LogP contribution in [-0.2, 0) is 20.9 Å². The van der Waals surface area contributed by atoms with Crippen LogP contribution >= 0.6 is 6.72 Å². The van der Waals surface area contributed by atoms with Gasteiger partial charge >= 0.3 is 0 Å². The Kier molecular flexibility index (Phi) is 6.80. The van der Waals surface area contributed by atoms with E-state index in [9.17, 15) is 14.5 Å². The van der Waals surface area contributed by atoms with Crippen molar-refractivity contribution in [1.29, 1.82) is 0 Å². The lowest BCUT2D eigenvalue weighted by Gasteiger charge is -2.28. The molecule has 0 fully saturated rings. The average Bonchev–Trinajstić information content (AvgIpc) is 2.64. The predicted octanol–water partition coefficient (Wildman–Crippen LogP) is 1.70. The van der Waals surface area contributed by atoms with E-state index in [2.05, 4.69) is 16.3 Å². The Morgan fingerprint density at radius 2 is 1.73 bits per heavy atom. The highest BCUT2D eigenvalue weighted by atomic mass is 32.5. The molecule has 0 aromatic heterocycles. The molecule has 0 spiro atoms. The van der Waals surface area contributed by atoms with Gasteiger partial charge < -0.3 is 13.9 Å². The van der Waals surface area contributed by atoms with Gasteiger partial charge in [0.1, 0.15) is 6.72 Å². The fraction of sp³-hybridized carbons (Fsp3) is 0.385. The Bertz CT molecular complexity index is 571. The van der Waals surface area contributed by atoms with Gasteiger partial charge in [-0.15, -0.1) is 5.06 Å². The summed E-state index contributed by atoms with van der Waals surface area (Å²) < 4.78 is 9.51. The van der Waals surface area contributed by atoms with Crippen LogP contribution in [0.1, 0.15) is 41.5 Å². The molecule has 0 aliphatic carbocycles. The van der Waals surface area contributed by atoms with Gasteiger partial charge in [-0.1, -0.05) is 23.9 Å². The number of imide groups is 1. The minimum atomic E-state index is -3.17. The van der Waals surface area contributed by atoms with Gasteiger partial charge in [0.05, 0.1) is 23.8 Å². The Morgan fingerprint density at radius 1 is 1.27 bits per heavy atom. The van der Waals surface area contributed by atoms with E-state index < -0.39 is 18.5 Å². The first-order valence-corrected chi connectivity index (χ1v) is 9.06. The van der Waals surface area contributed by atoms with E-state index in [-0.39, 0.29) is 22.3 Å². The first kappa shape index (κ1) is 18.9. The monoisotopic (exact) mass is 346 g/mol. The molecule has 1 heterocycles. The molecule has 0 saturated heterocycles. The Labute approximate surface area is 133 Å². The van der Waals surface area contributed by atoms with E-state index in [4.69, 9.17) is 9.73 Å². The molecule has 0 radical (unpaired) electrons. The molecule has 1 aromatic carbocycles. The van der Waals surface area contributed by atoms with Crippen molar-refractivity contribution in [1.82, 2.24) is 5.06 Å². The lowest BCUT2D eigenvalue weighted by molar-refractivity contribution is -0.209. The number of nitrogens with zero attached hydrogens (tertiary/aromatic N) is 1. The van der Waals surface area contributed by atoms with Crippen LogP contribution in [0.15, 0.2) is 24.3 Å². The second kappa shape index (κ2) is 7.92. The van der Waals surface area contributed by atoms with E-state index in [1.54, 1.807) is 32.9 Å². The smallest absolute Gasteiger partial charge is 0.285 e. The van der Waals surface area contributed by atoms with Crippen molar-refractivity contribution < 1.29 is 28.7 Å². The fourth-order valence-electron chi connectivity index (χ4n) is 1.62. The Morgan fingerprint density at radius 3 is 2.09 bits per heavy atom. The van der Waals surface area contributed by atoms with E-state index >= 15 is 0 Å². The second-order valence-corrected chi connectivity index (χ2v) is 7.19. The molecule has 1 unspecified atom stereocenters. The van der Waals surface area contributed by atoms with Gasteiger partial charge in [-0.3, -0.25) is 14.8 Å². The van der Waals surface area contributed by atoms with Gasteiger partial charge in [0.25, 0.3) is 11.8 Å². The SMILES string of the molecule is CCOP([O-])(=S)OC(C)C.O=C1c2ccccc2C(=O)N1O. The maximum Gasteiger partial charge on any atom is 0.285 e. The lowest BCUT2D eigenvalue weighted by atomic mass is 10.1. The normalized spacial score (nSPS) is 16.2. The minimum Gasteiger partial charge on any atom is -0.780 e. The zero-order chi connectivity index (χ0) is 16.9. The van der Waals surface area contributed by atoms with E-state index in [1.165, 1.54) is 12.1 Å². The molecule has 2 amide bonds. The summed E-state index contributed by atoms with van der Waals surface area (Å²) in [6.45, 7) is 2.41. The molecule has 122 valence electrons. The molecule has 1 aliphatic rings. The number of hydroxylamine groups is 2. The van der Waals surface area contributed by atoms with Crippen molar-refractivity contribution in [3.05, 3.63) is 35.4 Å². The summed E-state index contributed by atoms with van der Waals surface area (Å²) in [4.78, 5) is 33.1. The van der Waals surface area contributed by atoms with Gasteiger partial charge in [0, 0.05) is 0 Å². The number of benzene rings is 1. The van der Waals surface area contributed by atoms with Crippen molar-refractivity contribution in [2.24, 2.45) is 0 Å². The molecular formula is C13H17NO6PS-. The summed E-state index contributed by atoms with van der Waals surface area (Å²) in [5, 5.41) is 9.05. The summed E-state index contributed by atoms with van der Waals surface area (Å²) in [5.41, 5.74) is 0.509. The number of fused-ring (bicyclic) bond motifs is 1. The minimum absolute atomic E-state index is 0.130. The Hall–Kier alpha value is -1.15. The molecule has 0 bridgehead atoms. The topological polar surface area (TPSA) is 99.1 Å². The number of rotatable bonds is 4. The van der Waals surface area contributed by atoms with Crippen LogP contribution in [0.25, 0.3) is 0 Å². The summed E-state index contributed by atoms with van der Waals surface area (Å²) in [7, 11) is 0. The molecule has 1 atom stereocenters. The van der Waals surface area contributed by atoms with Crippen LogP contribution < -0.4 is 4.89 Å². The van der Waals surface area contributed by atoms with E-state index in [0.717, 1.165) is 0 Å². The number of hydrogen-bond acceptors (Lipinski definition) is 7. The number of hydrogen-bond donors (Lipinski definition) is 1. The molecule has 1 aliphatic heterocycles. The van der Waals surface area contributed by atoms with Gasteiger partial charge in [0.15, 0.2) is 0 Å². The van der Waals surface area contributed by atoms with E-state index in [1.807, 2.05) is 0 Å². The number of carbonyl (C=O) groups is 2. The van der Waals surface area contributed by atoms with Crippen LogP contribution in [0.3, 0.4) is 0 Å². The Balaban J connectivity index is 0.000000225. The number of carbonyl (C=O) groups excluding carboxylic acids is 2. The van der Waals surface area contributed by atoms with Crippen molar-refractivity contribution in [3.8, 4) is 0 Å². The lowest BCUT2D eigenvalue weighted by Crippen LogP contribution is -2.25. The maximum atomic E-state index is 11.1. The first-order valence-electron chi connectivity index (χ1n) is 6.50. The largest absolute Gasteiger partial charge is 0.780 e. The van der Waals surface area contributed by atoms with Gasteiger partial charge in [-0.05, 0) is 32.9 Å². The summed E-state index contributed by atoms with van der Waals surface area (Å²) >= 11 is 4.53. The average molecular weight is 346 g/mol. The standard InChI is InChI=1S/C8H5NO3.C5H13O3PS/c10-7-5-3-1-2-4-6(5)8(11)9(7)12;1-4-7-9(6,10)8-5(2)3/h1-4,12H;5H,4H2,1-3H3,(H,6,10)/p-1. The molecule has 2 rings (SSSR count). The van der Waals surface area contributed by atoms with Crippen molar-refractivity contribution in [3.63, 3.8) is 0 Å². The highest BCUT2D eigenvalue weighted by Gasteiger charge is 2.33. The number of amides is 2. The van der Waals surface area contributed by atoms with Gasteiger partial charge in [-0.25, -0.2) is 0 Å². The van der Waals surface area contributed by atoms with Crippen LogP contribution in [0.5, 0.6) is 0 Å². The highest BCUT2D eigenvalue weighted by molar-refractivity contribution is 8.06. The van der Waals surface area contributed by atoms with Crippen molar-refractivity contribution in [2.75, 3.05) is 6.61 Å². The molecule has 1 N–H and O–H groups in total. The summed E-state index contributed by atoms with van der Waals surface area (Å²) in [6.07, 6.45) is -0.144. The molecule has 22 heavy (non-hydrogen) atoms. The zero-order valence-electron chi connectivity index (χ0n) is 12.4. The molecule has 9 heteroatoms. The molecule has 1 aromatic rings. The van der Waals surface area contributed by atoms with E-state index in [0.29, 0.717) is 6.61 Å². The molecule has 0 saturated carbocycles. The first-order chi connectivity index (χ1) is 10.2. The maximum absolute atomic E-state index is 11.1. The second-order valence-electron chi connectivity index (χ2n) is 4.49. The third-order valence-electron chi connectivity index (χ3n) is 2.40. The summed E-state index contributed by atoms with van der Waals surface area (Å²) in [6, 6.07) is 6.30. The van der Waals surface area contributed by atoms with Crippen LogP contribution in [-0.4, -0.2) is 34.8 Å². The molecule has 7 nitrogen and oxygen atoms in total. The third-order valence-corrected chi connectivity index (χ3v) is 4.23. The highest BCUT2D eigenvalue weighted by Crippen LogP contribution is 2.39. The van der Waals surface area contributed by atoms with Crippen LogP contribution in [0.2, 0.25) is 0 Å². The predicted molar refractivity (Wildman–Crippen MR) is 80.9 cm³/mol.